The molecule has 1 heterocycles. The van der Waals surface area contributed by atoms with Crippen molar-refractivity contribution in [2.45, 2.75) is 19.8 Å². The zero-order valence-electron chi connectivity index (χ0n) is 20.8. The minimum Gasteiger partial charge on any atom is -0.490 e. The highest BCUT2D eigenvalue weighted by Gasteiger charge is 2.23. The van der Waals surface area contributed by atoms with Gasteiger partial charge in [0.25, 0.3) is 11.8 Å². The van der Waals surface area contributed by atoms with E-state index in [0.717, 1.165) is 31.7 Å². The number of likely N-dealkylation sites (tertiary alicyclic amines) is 1. The molecule has 3 aromatic carbocycles. The first-order chi connectivity index (χ1) is 18.0. The number of thiocarbonyl (C=S) groups is 1. The number of piperidine rings is 1. The van der Waals surface area contributed by atoms with Crippen LogP contribution in [0.1, 0.15) is 40.5 Å². The molecule has 1 aliphatic heterocycles. The second-order valence-corrected chi connectivity index (χ2v) is 9.34. The summed E-state index contributed by atoms with van der Waals surface area (Å²) in [6.45, 7) is 4.29. The summed E-state index contributed by atoms with van der Waals surface area (Å²) in [6, 6.07) is 23.6. The molecule has 37 heavy (non-hydrogen) atoms. The average molecular weight is 518 g/mol. The van der Waals surface area contributed by atoms with E-state index in [1.807, 2.05) is 47.4 Å². The number of benzene rings is 3. The van der Waals surface area contributed by atoms with E-state index in [1.54, 1.807) is 36.4 Å². The Hall–Kier alpha value is -3.91. The normalized spacial score (nSPS) is 13.5. The zero-order valence-corrected chi connectivity index (χ0v) is 21.6. The van der Waals surface area contributed by atoms with E-state index >= 15 is 0 Å². The number of carbonyl (C=O) groups excluding carboxylic acids is 2. The van der Waals surface area contributed by atoms with Crippen LogP contribution in [0.25, 0.3) is 0 Å². The van der Waals surface area contributed by atoms with E-state index in [4.69, 9.17) is 21.7 Å². The van der Waals surface area contributed by atoms with Crippen LogP contribution in [0.2, 0.25) is 0 Å². The number of para-hydroxylation sites is 3. The van der Waals surface area contributed by atoms with Crippen LogP contribution in [0.4, 0.5) is 5.69 Å². The fraction of sp³-hybridized carbons (Fsp3) is 0.276. The van der Waals surface area contributed by atoms with Crippen LogP contribution in [-0.2, 0) is 0 Å². The van der Waals surface area contributed by atoms with Crippen LogP contribution in [-0.4, -0.2) is 48.1 Å². The number of hydrogen-bond acceptors (Lipinski definition) is 5. The molecule has 1 aliphatic rings. The number of nitrogens with zero attached hydrogens (tertiary/aromatic N) is 1. The molecule has 0 saturated carbocycles. The van der Waals surface area contributed by atoms with Crippen molar-refractivity contribution in [1.29, 1.82) is 0 Å². The minimum atomic E-state index is -0.411. The summed E-state index contributed by atoms with van der Waals surface area (Å²) in [4.78, 5) is 28.0. The zero-order chi connectivity index (χ0) is 26.0. The van der Waals surface area contributed by atoms with Gasteiger partial charge in [-0.05, 0) is 67.4 Å². The third-order valence-corrected chi connectivity index (χ3v) is 6.39. The Balaban J connectivity index is 1.34. The van der Waals surface area contributed by atoms with Crippen molar-refractivity contribution < 1.29 is 19.1 Å². The molecule has 0 aliphatic carbocycles. The van der Waals surface area contributed by atoms with Crippen molar-refractivity contribution in [1.82, 2.24) is 10.2 Å². The summed E-state index contributed by atoms with van der Waals surface area (Å²) in [5.41, 5.74) is 1.42. The first kappa shape index (κ1) is 26.2. The Morgan fingerprint density at radius 2 is 1.49 bits per heavy atom. The standard InChI is InChI=1S/C29H31N3O4S/c1-21-15-17-32(18-16-21)28(34)23-11-5-7-13-25(23)30-29(37)31-27(33)24-12-6-8-14-26(24)36-20-19-35-22-9-3-2-4-10-22/h2-14,21H,15-20H2,1H3,(H2,30,31,33,37). The lowest BCUT2D eigenvalue weighted by molar-refractivity contribution is 0.0698. The smallest absolute Gasteiger partial charge is 0.261 e. The van der Waals surface area contributed by atoms with Gasteiger partial charge in [0.2, 0.25) is 0 Å². The van der Waals surface area contributed by atoms with Gasteiger partial charge in [-0.15, -0.1) is 0 Å². The molecule has 0 atom stereocenters. The number of amides is 2. The maximum absolute atomic E-state index is 13.1. The van der Waals surface area contributed by atoms with Gasteiger partial charge in [-0.3, -0.25) is 14.9 Å². The summed E-state index contributed by atoms with van der Waals surface area (Å²) >= 11 is 5.41. The van der Waals surface area contributed by atoms with Gasteiger partial charge in [-0.2, -0.15) is 0 Å². The molecular formula is C29H31N3O4S. The summed E-state index contributed by atoms with van der Waals surface area (Å²) < 4.78 is 11.5. The number of nitrogens with one attached hydrogen (secondary N) is 2. The largest absolute Gasteiger partial charge is 0.490 e. The molecule has 4 rings (SSSR count). The highest BCUT2D eigenvalue weighted by atomic mass is 32.1. The van der Waals surface area contributed by atoms with Crippen LogP contribution < -0.4 is 20.1 Å². The van der Waals surface area contributed by atoms with Crippen LogP contribution in [0, 0.1) is 5.92 Å². The molecule has 0 spiro atoms. The number of ether oxygens (including phenoxy) is 2. The molecule has 8 heteroatoms. The topological polar surface area (TPSA) is 79.9 Å². The molecule has 3 aromatic rings. The van der Waals surface area contributed by atoms with Crippen molar-refractivity contribution in [2.75, 3.05) is 31.6 Å². The molecule has 1 saturated heterocycles. The third-order valence-electron chi connectivity index (χ3n) is 6.19. The summed E-state index contributed by atoms with van der Waals surface area (Å²) in [5.74, 6) is 1.35. The van der Waals surface area contributed by atoms with Gasteiger partial charge in [0, 0.05) is 13.1 Å². The van der Waals surface area contributed by atoms with E-state index in [0.29, 0.717) is 35.1 Å². The number of carbonyl (C=O) groups is 2. The van der Waals surface area contributed by atoms with Gasteiger partial charge in [-0.1, -0.05) is 49.4 Å². The minimum absolute atomic E-state index is 0.0411. The highest BCUT2D eigenvalue weighted by Crippen LogP contribution is 2.23. The Morgan fingerprint density at radius 1 is 0.865 bits per heavy atom. The second-order valence-electron chi connectivity index (χ2n) is 8.93. The van der Waals surface area contributed by atoms with Crippen LogP contribution >= 0.6 is 12.2 Å². The molecule has 7 nitrogen and oxygen atoms in total. The van der Waals surface area contributed by atoms with Gasteiger partial charge in [-0.25, -0.2) is 0 Å². The number of hydrogen-bond donors (Lipinski definition) is 2. The van der Waals surface area contributed by atoms with Crippen molar-refractivity contribution in [3.05, 3.63) is 90.0 Å². The van der Waals surface area contributed by atoms with Crippen molar-refractivity contribution in [3.8, 4) is 11.5 Å². The Morgan fingerprint density at radius 3 is 2.24 bits per heavy atom. The summed E-state index contributed by atoms with van der Waals surface area (Å²) in [6.07, 6.45) is 1.99. The Bertz CT molecular complexity index is 1230. The summed E-state index contributed by atoms with van der Waals surface area (Å²) in [5, 5.41) is 5.82. The number of anilines is 1. The van der Waals surface area contributed by atoms with Crippen LogP contribution in [0.3, 0.4) is 0 Å². The van der Waals surface area contributed by atoms with Crippen molar-refractivity contribution in [3.63, 3.8) is 0 Å². The highest BCUT2D eigenvalue weighted by molar-refractivity contribution is 7.80. The lowest BCUT2D eigenvalue weighted by Crippen LogP contribution is -2.39. The molecular weight excluding hydrogens is 486 g/mol. The SMILES string of the molecule is CC1CCN(C(=O)c2ccccc2NC(=S)NC(=O)c2ccccc2OCCOc2ccccc2)CC1. The van der Waals surface area contributed by atoms with E-state index in [1.165, 1.54) is 0 Å². The molecule has 2 N–H and O–H groups in total. The quantitative estimate of drug-likeness (QED) is 0.318. The lowest BCUT2D eigenvalue weighted by Gasteiger charge is -2.31. The first-order valence-corrected chi connectivity index (χ1v) is 12.8. The van der Waals surface area contributed by atoms with E-state index in [9.17, 15) is 9.59 Å². The monoisotopic (exact) mass is 517 g/mol. The van der Waals surface area contributed by atoms with Crippen molar-refractivity contribution >= 4 is 34.8 Å². The maximum atomic E-state index is 13.1. The molecule has 1 fully saturated rings. The molecule has 0 bridgehead atoms. The van der Waals surface area contributed by atoms with Gasteiger partial charge in [0.1, 0.15) is 24.7 Å². The van der Waals surface area contributed by atoms with Gasteiger partial charge in [0.15, 0.2) is 5.11 Å². The van der Waals surface area contributed by atoms with E-state index in [2.05, 4.69) is 17.6 Å². The van der Waals surface area contributed by atoms with Gasteiger partial charge < -0.3 is 19.7 Å². The first-order valence-electron chi connectivity index (χ1n) is 12.4. The van der Waals surface area contributed by atoms with Crippen molar-refractivity contribution in [2.24, 2.45) is 5.92 Å². The molecule has 0 aromatic heterocycles. The second kappa shape index (κ2) is 12.9. The predicted octanol–water partition coefficient (Wildman–Crippen LogP) is 5.14. The fourth-order valence-corrected chi connectivity index (χ4v) is 4.30. The van der Waals surface area contributed by atoms with Crippen LogP contribution in [0.15, 0.2) is 78.9 Å². The Kier molecular flexibility index (Phi) is 9.10. The predicted molar refractivity (Wildman–Crippen MR) is 148 cm³/mol. The summed E-state index contributed by atoms with van der Waals surface area (Å²) in [7, 11) is 0. The fourth-order valence-electron chi connectivity index (χ4n) is 4.09. The maximum Gasteiger partial charge on any atom is 0.261 e. The molecule has 0 radical (unpaired) electrons. The van der Waals surface area contributed by atoms with E-state index < -0.39 is 5.91 Å². The third kappa shape index (κ3) is 7.30. The van der Waals surface area contributed by atoms with Gasteiger partial charge in [0.05, 0.1) is 16.8 Å². The molecule has 2 amide bonds. The number of rotatable bonds is 8. The lowest BCUT2D eigenvalue weighted by atomic mass is 9.98. The molecule has 192 valence electrons. The average Bonchev–Trinajstić information content (AvgIpc) is 2.92. The Labute approximate surface area is 222 Å². The van der Waals surface area contributed by atoms with Gasteiger partial charge >= 0.3 is 0 Å². The van der Waals surface area contributed by atoms with E-state index in [-0.39, 0.29) is 17.6 Å². The molecule has 0 unspecified atom stereocenters. The van der Waals surface area contributed by atoms with Crippen LogP contribution in [0.5, 0.6) is 11.5 Å².